The predicted octanol–water partition coefficient (Wildman–Crippen LogP) is 4.78. The molecule has 3 rings (SSSR count). The number of nitro groups is 1. The summed E-state index contributed by atoms with van der Waals surface area (Å²) >= 11 is 1.39. The minimum Gasteiger partial charge on any atom is -0.258 e. The number of hydrogen-bond donors (Lipinski definition) is 0. The highest BCUT2D eigenvalue weighted by atomic mass is 32.1. The molecule has 116 valence electrons. The molecule has 0 saturated heterocycles. The van der Waals surface area contributed by atoms with Crippen molar-refractivity contribution in [2.75, 3.05) is 0 Å². The monoisotopic (exact) mass is 333 g/mol. The molecule has 1 aromatic heterocycles. The van der Waals surface area contributed by atoms with Crippen LogP contribution < -0.4 is 0 Å². The second-order valence-corrected chi connectivity index (χ2v) is 5.78. The van der Waals surface area contributed by atoms with Gasteiger partial charge < -0.3 is 0 Å². The number of nitriles is 1. The molecule has 0 amide bonds. The van der Waals surface area contributed by atoms with Crippen LogP contribution >= 0.6 is 11.3 Å². The SMILES string of the molecule is N#CC(=Cc1ccc([N+](=O)[O-])cc1)c1nc(-c2ccccc2)cs1. The normalized spacial score (nSPS) is 11.0. The van der Waals surface area contributed by atoms with Crippen molar-refractivity contribution in [1.29, 1.82) is 5.26 Å². The number of nitro benzene ring substituents is 1. The lowest BCUT2D eigenvalue weighted by molar-refractivity contribution is -0.384. The molecule has 0 aliphatic heterocycles. The summed E-state index contributed by atoms with van der Waals surface area (Å²) in [4.78, 5) is 14.7. The van der Waals surface area contributed by atoms with E-state index in [-0.39, 0.29) is 5.69 Å². The average molecular weight is 333 g/mol. The van der Waals surface area contributed by atoms with Crippen LogP contribution in [0.2, 0.25) is 0 Å². The molecule has 0 atom stereocenters. The average Bonchev–Trinajstić information content (AvgIpc) is 3.11. The van der Waals surface area contributed by atoms with E-state index >= 15 is 0 Å². The minimum atomic E-state index is -0.453. The number of nitrogens with zero attached hydrogens (tertiary/aromatic N) is 3. The first-order chi connectivity index (χ1) is 11.7. The van der Waals surface area contributed by atoms with E-state index in [0.29, 0.717) is 16.1 Å². The lowest BCUT2D eigenvalue weighted by atomic mass is 10.1. The van der Waals surface area contributed by atoms with Crippen LogP contribution in [0, 0.1) is 21.4 Å². The summed E-state index contributed by atoms with van der Waals surface area (Å²) in [5.41, 5.74) is 2.98. The molecular weight excluding hydrogens is 322 g/mol. The number of aromatic nitrogens is 1. The van der Waals surface area contributed by atoms with Crippen LogP contribution in [-0.4, -0.2) is 9.91 Å². The fourth-order valence-electron chi connectivity index (χ4n) is 2.14. The standard InChI is InChI=1S/C18H11N3O2S/c19-11-15(10-13-6-8-16(9-7-13)21(22)23)18-20-17(12-24-18)14-4-2-1-3-5-14/h1-10,12H. The van der Waals surface area contributed by atoms with Gasteiger partial charge in [-0.3, -0.25) is 10.1 Å². The molecule has 0 N–H and O–H groups in total. The Kier molecular flexibility index (Phi) is 4.45. The minimum absolute atomic E-state index is 0.0197. The zero-order chi connectivity index (χ0) is 16.9. The first kappa shape index (κ1) is 15.6. The Morgan fingerprint density at radius 3 is 2.50 bits per heavy atom. The molecule has 0 radical (unpaired) electrons. The van der Waals surface area contributed by atoms with Crippen molar-refractivity contribution < 1.29 is 4.92 Å². The molecule has 1 heterocycles. The summed E-state index contributed by atoms with van der Waals surface area (Å²) in [5, 5.41) is 22.6. The summed E-state index contributed by atoms with van der Waals surface area (Å²) in [7, 11) is 0. The van der Waals surface area contributed by atoms with Gasteiger partial charge in [0.1, 0.15) is 11.1 Å². The molecule has 6 heteroatoms. The quantitative estimate of drug-likeness (QED) is 0.391. The third-order valence-electron chi connectivity index (χ3n) is 3.34. The first-order valence-corrected chi connectivity index (χ1v) is 7.93. The molecule has 0 saturated carbocycles. The van der Waals surface area contributed by atoms with Gasteiger partial charge in [-0.25, -0.2) is 4.98 Å². The Morgan fingerprint density at radius 1 is 1.17 bits per heavy atom. The van der Waals surface area contributed by atoms with E-state index in [4.69, 9.17) is 0 Å². The number of benzene rings is 2. The van der Waals surface area contributed by atoms with Gasteiger partial charge in [0.05, 0.1) is 16.2 Å². The molecule has 5 nitrogen and oxygen atoms in total. The van der Waals surface area contributed by atoms with Crippen LogP contribution in [0.3, 0.4) is 0 Å². The van der Waals surface area contributed by atoms with Gasteiger partial charge in [0.2, 0.25) is 0 Å². The van der Waals surface area contributed by atoms with Crippen molar-refractivity contribution in [1.82, 2.24) is 4.98 Å². The number of allylic oxidation sites excluding steroid dienone is 1. The summed E-state index contributed by atoms with van der Waals surface area (Å²) in [6, 6.07) is 17.9. The zero-order valence-corrected chi connectivity index (χ0v) is 13.2. The van der Waals surface area contributed by atoms with E-state index in [0.717, 1.165) is 11.3 Å². The Morgan fingerprint density at radius 2 is 1.88 bits per heavy atom. The fraction of sp³-hybridized carbons (Fsp3) is 0. The second-order valence-electron chi connectivity index (χ2n) is 4.92. The first-order valence-electron chi connectivity index (χ1n) is 7.05. The van der Waals surface area contributed by atoms with Crippen LogP contribution in [0.25, 0.3) is 22.9 Å². The summed E-state index contributed by atoms with van der Waals surface area (Å²) in [6.45, 7) is 0. The lowest BCUT2D eigenvalue weighted by Crippen LogP contribution is -1.87. The number of thiazole rings is 1. The van der Waals surface area contributed by atoms with E-state index in [2.05, 4.69) is 11.1 Å². The zero-order valence-electron chi connectivity index (χ0n) is 12.4. The van der Waals surface area contributed by atoms with E-state index in [1.807, 2.05) is 35.7 Å². The Balaban J connectivity index is 1.90. The van der Waals surface area contributed by atoms with Crippen LogP contribution in [0.4, 0.5) is 5.69 Å². The van der Waals surface area contributed by atoms with E-state index < -0.39 is 4.92 Å². The van der Waals surface area contributed by atoms with Crippen molar-refractivity contribution in [2.45, 2.75) is 0 Å². The topological polar surface area (TPSA) is 79.8 Å². The van der Waals surface area contributed by atoms with Gasteiger partial charge in [-0.2, -0.15) is 5.26 Å². The maximum absolute atomic E-state index is 10.7. The van der Waals surface area contributed by atoms with Crippen LogP contribution in [-0.2, 0) is 0 Å². The van der Waals surface area contributed by atoms with Crippen molar-refractivity contribution in [3.8, 4) is 17.3 Å². The lowest BCUT2D eigenvalue weighted by Gasteiger charge is -1.97. The maximum Gasteiger partial charge on any atom is 0.269 e. The third-order valence-corrected chi connectivity index (χ3v) is 4.22. The predicted molar refractivity (Wildman–Crippen MR) is 94.1 cm³/mol. The molecule has 0 unspecified atom stereocenters. The van der Waals surface area contributed by atoms with Gasteiger partial charge in [-0.15, -0.1) is 11.3 Å². The van der Waals surface area contributed by atoms with Gasteiger partial charge in [0, 0.05) is 23.1 Å². The second kappa shape index (κ2) is 6.86. The summed E-state index contributed by atoms with van der Waals surface area (Å²) < 4.78 is 0. The van der Waals surface area contributed by atoms with Crippen molar-refractivity contribution in [2.24, 2.45) is 0 Å². The smallest absolute Gasteiger partial charge is 0.258 e. The maximum atomic E-state index is 10.7. The summed E-state index contributed by atoms with van der Waals surface area (Å²) in [6.07, 6.45) is 1.68. The highest BCUT2D eigenvalue weighted by Crippen LogP contribution is 2.27. The Labute approximate surface area is 142 Å². The van der Waals surface area contributed by atoms with E-state index in [1.165, 1.54) is 23.5 Å². The van der Waals surface area contributed by atoms with Crippen molar-refractivity contribution >= 4 is 28.7 Å². The highest BCUT2D eigenvalue weighted by Gasteiger charge is 2.09. The highest BCUT2D eigenvalue weighted by molar-refractivity contribution is 7.11. The van der Waals surface area contributed by atoms with Gasteiger partial charge >= 0.3 is 0 Å². The Bertz CT molecular complexity index is 938. The fourth-order valence-corrected chi connectivity index (χ4v) is 2.93. The third kappa shape index (κ3) is 3.37. The van der Waals surface area contributed by atoms with Gasteiger partial charge in [-0.05, 0) is 23.8 Å². The molecule has 0 aliphatic rings. The molecular formula is C18H11N3O2S. The van der Waals surface area contributed by atoms with Crippen molar-refractivity contribution in [3.63, 3.8) is 0 Å². The molecule has 2 aromatic carbocycles. The van der Waals surface area contributed by atoms with E-state index in [9.17, 15) is 15.4 Å². The molecule has 0 bridgehead atoms. The number of hydrogen-bond acceptors (Lipinski definition) is 5. The molecule has 0 fully saturated rings. The van der Waals surface area contributed by atoms with Crippen molar-refractivity contribution in [3.05, 3.63) is 80.7 Å². The summed E-state index contributed by atoms with van der Waals surface area (Å²) in [5.74, 6) is 0. The van der Waals surface area contributed by atoms with Crippen LogP contribution in [0.5, 0.6) is 0 Å². The molecule has 0 aliphatic carbocycles. The molecule has 0 spiro atoms. The van der Waals surface area contributed by atoms with Gasteiger partial charge in [-0.1, -0.05) is 30.3 Å². The van der Waals surface area contributed by atoms with Gasteiger partial charge in [0.15, 0.2) is 0 Å². The van der Waals surface area contributed by atoms with Crippen LogP contribution in [0.15, 0.2) is 60.0 Å². The largest absolute Gasteiger partial charge is 0.269 e. The number of non-ortho nitro benzene ring substituents is 1. The molecule has 24 heavy (non-hydrogen) atoms. The van der Waals surface area contributed by atoms with Gasteiger partial charge in [0.25, 0.3) is 5.69 Å². The van der Waals surface area contributed by atoms with E-state index in [1.54, 1.807) is 18.2 Å². The Hall–Kier alpha value is -3.30. The number of rotatable bonds is 4. The van der Waals surface area contributed by atoms with Crippen LogP contribution in [0.1, 0.15) is 10.6 Å². The molecule has 3 aromatic rings.